The number of Topliss-reactive ketones (excluding diaryl/α,β-unsaturated/α-hetero) is 2. The number of imide groups is 1. The number of anilines is 2. The van der Waals surface area contributed by atoms with Crippen LogP contribution in [0.1, 0.15) is 182 Å². The number of hydrogen-bond donors (Lipinski definition) is 4. The van der Waals surface area contributed by atoms with Gasteiger partial charge in [-0.25, -0.2) is 9.97 Å². The van der Waals surface area contributed by atoms with Crippen molar-refractivity contribution in [1.29, 1.82) is 0 Å². The number of carbonyl (C=O) groups excluding carboxylic acids is 6. The molecule has 4 N–H and O–H groups in total. The maximum Gasteiger partial charge on any atom is 0.260 e. The molecule has 106 heavy (non-hydrogen) atoms. The molecule has 9 heterocycles. The molecule has 0 bridgehead atoms. The maximum absolute atomic E-state index is 12.5. The zero-order chi connectivity index (χ0) is 73.2. The fourth-order valence-electron chi connectivity index (χ4n) is 15.7. The Morgan fingerprint density at radius 3 is 1.41 bits per heavy atom. The number of nitrogens with zero attached hydrogens (tertiary/aromatic N) is 13. The van der Waals surface area contributed by atoms with Gasteiger partial charge >= 0.3 is 0 Å². The molecule has 0 radical (unpaired) electrons. The number of likely N-dealkylation sites (tertiary alicyclic amines) is 1. The topological polar surface area (TPSA) is 250 Å². The molecule has 2 aromatic carbocycles. The summed E-state index contributed by atoms with van der Waals surface area (Å²) in [5.74, 6) is 1.83. The van der Waals surface area contributed by atoms with E-state index < -0.39 is 0 Å². The van der Waals surface area contributed by atoms with Crippen molar-refractivity contribution < 1.29 is 39.0 Å². The van der Waals surface area contributed by atoms with E-state index in [9.17, 15) is 39.0 Å². The van der Waals surface area contributed by atoms with Gasteiger partial charge in [0.2, 0.25) is 17.7 Å². The highest BCUT2D eigenvalue weighted by Gasteiger charge is 2.33. The Morgan fingerprint density at radius 2 is 0.981 bits per heavy atom. The molecule has 4 amide bonds. The van der Waals surface area contributed by atoms with Crippen LogP contribution in [0, 0.1) is 0 Å². The van der Waals surface area contributed by atoms with Crippen LogP contribution in [0.4, 0.5) is 11.6 Å². The zero-order valence-electron chi connectivity index (χ0n) is 61.6. The molecule has 0 unspecified atom stereocenters. The van der Waals surface area contributed by atoms with Gasteiger partial charge in [0.25, 0.3) is 5.91 Å². The minimum Gasteiger partial charge on any atom is -0.390 e. The summed E-state index contributed by atoms with van der Waals surface area (Å²) < 4.78 is 4.27. The van der Waals surface area contributed by atoms with Crippen molar-refractivity contribution >= 4 is 58.1 Å². The molecule has 2 atom stereocenters. The molecule has 3 fully saturated rings. The first-order chi connectivity index (χ1) is 51.2. The van der Waals surface area contributed by atoms with Crippen molar-refractivity contribution in [3.8, 4) is 0 Å². The highest BCUT2D eigenvalue weighted by Crippen LogP contribution is 2.36. The minimum absolute atomic E-state index is 0. The lowest BCUT2D eigenvalue weighted by atomic mass is 9.91. The van der Waals surface area contributed by atoms with E-state index in [0.717, 1.165) is 199 Å². The number of aryl methyl sites for hydroxylation is 5. The molecular weight excluding hydrogens is 1340 g/mol. The number of aromatic nitrogens is 6. The van der Waals surface area contributed by atoms with Crippen LogP contribution in [0.25, 0.3) is 11.3 Å². The lowest BCUT2D eigenvalue weighted by Gasteiger charge is -2.36. The number of rotatable bonds is 32. The third kappa shape index (κ3) is 19.9. The van der Waals surface area contributed by atoms with E-state index in [1.807, 2.05) is 60.9 Å². The second kappa shape index (κ2) is 37.9. The number of hydrogen-bond acceptors (Lipinski definition) is 18. The SMILES string of the molecule is C.CC(=O)CC(=O)CCc1ccc(CCCC(=O)NCCCN2CCN(c3cccc4nc(CN(C)[C@H]5CCCc6cccnc65)c(CO)n34)CC2)cc1.CN(Cc1nc2cccc(N3CCN(CCCNC(=O)CCCc4ccc(C(=O)N5CCC5=O)cc4)CC3)n2c1CO)[C@H]1CCCc2cccnc21. The first-order valence-electron chi connectivity index (χ1n) is 38.2. The Kier molecular flexibility index (Phi) is 27.9. The third-order valence-electron chi connectivity index (χ3n) is 21.6. The number of fused-ring (bicyclic) bond motifs is 4. The molecule has 2 aliphatic carbocycles. The average Bonchev–Trinajstić information content (AvgIpc) is 1.61. The molecule has 0 spiro atoms. The number of benzene rings is 2. The van der Waals surface area contributed by atoms with Gasteiger partial charge in [-0.2, -0.15) is 0 Å². The van der Waals surface area contributed by atoms with Gasteiger partial charge in [-0.15, -0.1) is 0 Å². The van der Waals surface area contributed by atoms with Gasteiger partial charge in [0.15, 0.2) is 0 Å². The number of ketones is 2. The number of aliphatic hydroxyl groups is 2. The summed E-state index contributed by atoms with van der Waals surface area (Å²) in [5, 5.41) is 27.4. The smallest absolute Gasteiger partial charge is 0.260 e. The molecule has 3 aliphatic heterocycles. The molecule has 8 aromatic rings. The molecule has 6 aromatic heterocycles. The van der Waals surface area contributed by atoms with Gasteiger partial charge in [0, 0.05) is 129 Å². The van der Waals surface area contributed by atoms with Crippen LogP contribution in [-0.4, -0.2) is 198 Å². The Labute approximate surface area is 624 Å². The Hall–Kier alpha value is -9.10. The summed E-state index contributed by atoms with van der Waals surface area (Å²) in [6, 6.07) is 36.9. The standard InChI is InChI=1S/C42H55N7O4.C40H50N8O4.CH4/c1-31(51)28-35(52)20-19-33-17-15-32(16-18-33)8-3-13-40(53)43-22-7-23-47-24-26-48(27-25-47)41-14-5-12-39-45-36(38(30-50)49(39)41)29-46(2)37-11-4-9-34-10-6-21-44-42(34)37;1-44(33-10-3-8-30-9-5-19-42-39(30)33)27-32-34(28-49)48-35(43-32)11-4-13-37(48)46-25-23-45(24-26-46)21-6-20-41-36(50)12-2-7-29-14-16-31(17-15-29)40(52)47-22-18-38(47)51;/h5-6,10,12,14-18,21,37,50H,3-4,7-9,11,13,19-20,22-30H2,1-2H3,(H,43,53);4-5,9,11,13-17,19,33,49H,2-3,6-8,10,12,18,20-28H2,1H3,(H,41,50);1H4/t37-;33-;/m00./s1. The molecule has 5 aliphatic rings. The highest BCUT2D eigenvalue weighted by atomic mass is 16.3. The summed E-state index contributed by atoms with van der Waals surface area (Å²) >= 11 is 0. The Bertz CT molecular complexity index is 4270. The van der Waals surface area contributed by atoms with Crippen molar-refractivity contribution in [3.05, 3.63) is 189 Å². The molecule has 0 saturated carbocycles. The first-order valence-corrected chi connectivity index (χ1v) is 38.2. The molecule has 13 rings (SSSR count). The lowest BCUT2D eigenvalue weighted by molar-refractivity contribution is -0.136. The summed E-state index contributed by atoms with van der Waals surface area (Å²) in [7, 11) is 4.28. The van der Waals surface area contributed by atoms with Crippen LogP contribution in [0.15, 0.2) is 122 Å². The van der Waals surface area contributed by atoms with Crippen LogP contribution in [0.3, 0.4) is 0 Å². The number of aliphatic hydroxyl groups excluding tert-OH is 2. The van der Waals surface area contributed by atoms with E-state index in [1.165, 1.54) is 39.9 Å². The summed E-state index contributed by atoms with van der Waals surface area (Å²) in [6.07, 6.45) is 17.7. The van der Waals surface area contributed by atoms with E-state index >= 15 is 0 Å². The number of carbonyl (C=O) groups is 6. The van der Waals surface area contributed by atoms with Gasteiger partial charge < -0.3 is 30.6 Å². The largest absolute Gasteiger partial charge is 0.390 e. The first kappa shape index (κ1) is 78.0. The van der Waals surface area contributed by atoms with E-state index in [2.05, 4.69) is 111 Å². The van der Waals surface area contributed by atoms with Crippen molar-refractivity contribution in [2.45, 2.75) is 168 Å². The van der Waals surface area contributed by atoms with Crippen molar-refractivity contribution in [1.82, 2.24) is 63.9 Å². The second-order valence-corrected chi connectivity index (χ2v) is 29.0. The van der Waals surface area contributed by atoms with Crippen LogP contribution >= 0.6 is 0 Å². The van der Waals surface area contributed by atoms with E-state index in [1.54, 1.807) is 12.1 Å². The predicted molar refractivity (Wildman–Crippen MR) is 412 cm³/mol. The van der Waals surface area contributed by atoms with Crippen LogP contribution in [0.2, 0.25) is 0 Å². The van der Waals surface area contributed by atoms with Crippen LogP contribution in [0.5, 0.6) is 0 Å². The van der Waals surface area contributed by atoms with E-state index in [4.69, 9.17) is 19.9 Å². The monoisotopic (exact) mass is 1440 g/mol. The molecule has 23 heteroatoms. The van der Waals surface area contributed by atoms with Gasteiger partial charge in [-0.1, -0.05) is 68.1 Å². The third-order valence-corrected chi connectivity index (χ3v) is 21.6. The number of nitrogens with one attached hydrogen (secondary N) is 2. The minimum atomic E-state index is -0.236. The van der Waals surface area contributed by atoms with Crippen LogP contribution < -0.4 is 20.4 Å². The van der Waals surface area contributed by atoms with E-state index in [-0.39, 0.29) is 74.3 Å². The highest BCUT2D eigenvalue weighted by molar-refractivity contribution is 6.07. The van der Waals surface area contributed by atoms with Crippen molar-refractivity contribution in [2.75, 3.05) is 109 Å². The van der Waals surface area contributed by atoms with Crippen LogP contribution in [-0.2, 0) is 82.4 Å². The average molecular weight is 1440 g/mol. The zero-order valence-corrected chi connectivity index (χ0v) is 61.6. The molecule has 564 valence electrons. The van der Waals surface area contributed by atoms with Crippen molar-refractivity contribution in [2.24, 2.45) is 0 Å². The molecule has 23 nitrogen and oxygen atoms in total. The number of piperazine rings is 2. The second-order valence-electron chi connectivity index (χ2n) is 29.0. The normalized spacial score (nSPS) is 16.8. The fraction of sp³-hybridized carbons (Fsp3) is 0.494. The predicted octanol–water partition coefficient (Wildman–Crippen LogP) is 9.25. The number of β-lactam (4-membered cyclic amide) rings is 1. The van der Waals surface area contributed by atoms with Crippen molar-refractivity contribution in [3.63, 3.8) is 0 Å². The summed E-state index contributed by atoms with van der Waals surface area (Å²) in [5.41, 5.74) is 14.1. The summed E-state index contributed by atoms with van der Waals surface area (Å²) in [4.78, 5) is 107. The summed E-state index contributed by atoms with van der Waals surface area (Å²) in [6.45, 7) is 13.5. The maximum atomic E-state index is 12.5. The Morgan fingerprint density at radius 1 is 0.528 bits per heavy atom. The van der Waals surface area contributed by atoms with E-state index in [0.29, 0.717) is 70.4 Å². The molecular formula is C83H109N15O8. The number of imidazole rings is 2. The van der Waals surface area contributed by atoms with Gasteiger partial charge in [0.1, 0.15) is 34.5 Å². The Balaban J connectivity index is 0.000000210. The van der Waals surface area contributed by atoms with Gasteiger partial charge in [-0.3, -0.25) is 72.0 Å². The lowest BCUT2D eigenvalue weighted by Crippen LogP contribution is -2.47. The quantitative estimate of drug-likeness (QED) is 0.0133. The number of pyridine rings is 4. The van der Waals surface area contributed by atoms with Gasteiger partial charge in [-0.05, 0) is 194 Å². The molecule has 3 saturated heterocycles. The fourth-order valence-corrected chi connectivity index (χ4v) is 15.7. The number of amides is 4. The van der Waals surface area contributed by atoms with Gasteiger partial charge in [0.05, 0.1) is 65.9 Å².